The molecule has 0 bridgehead atoms. The van der Waals surface area contributed by atoms with E-state index in [-0.39, 0.29) is 10.6 Å². The quantitative estimate of drug-likeness (QED) is 0.695. The molecule has 0 aromatic heterocycles. The van der Waals surface area contributed by atoms with E-state index in [4.69, 9.17) is 25.8 Å². The van der Waals surface area contributed by atoms with Crippen LogP contribution in [-0.2, 0) is 16.0 Å². The highest BCUT2D eigenvalue weighted by Crippen LogP contribution is 2.27. The van der Waals surface area contributed by atoms with Crippen LogP contribution in [0.25, 0.3) is 0 Å². The van der Waals surface area contributed by atoms with Crippen LogP contribution in [0, 0.1) is 5.82 Å². The highest BCUT2D eigenvalue weighted by Gasteiger charge is 2.15. The summed E-state index contributed by atoms with van der Waals surface area (Å²) in [6.45, 7) is -0.186. The second-order valence-corrected chi connectivity index (χ2v) is 5.93. The van der Waals surface area contributed by atoms with E-state index >= 15 is 0 Å². The molecular weight excluding hydrogens is 377 g/mol. The van der Waals surface area contributed by atoms with Crippen molar-refractivity contribution in [3.05, 3.63) is 58.4 Å². The van der Waals surface area contributed by atoms with Crippen molar-refractivity contribution in [2.24, 2.45) is 0 Å². The molecule has 0 aliphatic rings. The number of carbonyl (C=O) groups is 2. The molecule has 2 aromatic rings. The number of esters is 1. The number of methoxy groups -OCH3 is 2. The van der Waals surface area contributed by atoms with Crippen molar-refractivity contribution in [3.63, 3.8) is 0 Å². The van der Waals surface area contributed by atoms with Gasteiger partial charge in [-0.25, -0.2) is 9.18 Å². The predicted octanol–water partition coefficient (Wildman–Crippen LogP) is 3.01. The normalized spacial score (nSPS) is 10.2. The van der Waals surface area contributed by atoms with Gasteiger partial charge in [0, 0.05) is 11.6 Å². The molecule has 0 atom stereocenters. The molecular formula is C19H19ClFNO5. The van der Waals surface area contributed by atoms with Crippen molar-refractivity contribution in [1.29, 1.82) is 0 Å². The molecule has 0 aliphatic carbocycles. The zero-order valence-electron chi connectivity index (χ0n) is 14.9. The summed E-state index contributed by atoms with van der Waals surface area (Å²) in [5, 5.41) is 2.82. The average molecular weight is 396 g/mol. The van der Waals surface area contributed by atoms with Crippen LogP contribution in [0.4, 0.5) is 4.39 Å². The Morgan fingerprint density at radius 2 is 1.81 bits per heavy atom. The summed E-state index contributed by atoms with van der Waals surface area (Å²) in [7, 11) is 3.09. The lowest BCUT2D eigenvalue weighted by molar-refractivity contribution is -0.124. The van der Waals surface area contributed by atoms with Gasteiger partial charge in [-0.2, -0.15) is 0 Å². The maximum atomic E-state index is 13.6. The van der Waals surface area contributed by atoms with Gasteiger partial charge in [0.1, 0.15) is 5.82 Å². The van der Waals surface area contributed by atoms with Crippen LogP contribution in [0.5, 0.6) is 11.5 Å². The number of rotatable bonds is 8. The molecule has 8 heteroatoms. The number of nitrogens with one attached hydrogen (secondary N) is 1. The van der Waals surface area contributed by atoms with Crippen molar-refractivity contribution in [2.75, 3.05) is 27.4 Å². The first-order chi connectivity index (χ1) is 12.9. The molecule has 2 rings (SSSR count). The summed E-state index contributed by atoms with van der Waals surface area (Å²) in [6.07, 6.45) is 0.545. The maximum Gasteiger partial charge on any atom is 0.341 e. The molecule has 1 N–H and O–H groups in total. The molecule has 0 unspecified atom stereocenters. The fourth-order valence-corrected chi connectivity index (χ4v) is 2.47. The number of hydrogen-bond donors (Lipinski definition) is 1. The van der Waals surface area contributed by atoms with Gasteiger partial charge in [-0.1, -0.05) is 17.7 Å². The van der Waals surface area contributed by atoms with Gasteiger partial charge in [-0.3, -0.25) is 4.79 Å². The highest BCUT2D eigenvalue weighted by atomic mass is 35.5. The van der Waals surface area contributed by atoms with Gasteiger partial charge in [0.15, 0.2) is 18.1 Å². The molecule has 0 saturated carbocycles. The SMILES string of the molecule is COc1ccc(CCNC(=O)COC(=O)c2cc(Cl)ccc2F)cc1OC. The number of benzene rings is 2. The molecule has 144 valence electrons. The van der Waals surface area contributed by atoms with Crippen LogP contribution in [-0.4, -0.2) is 39.2 Å². The third-order valence-electron chi connectivity index (χ3n) is 3.67. The number of amides is 1. The molecule has 0 fully saturated rings. The minimum absolute atomic E-state index is 0.197. The van der Waals surface area contributed by atoms with Crippen molar-refractivity contribution >= 4 is 23.5 Å². The van der Waals surface area contributed by atoms with E-state index in [0.717, 1.165) is 17.7 Å². The van der Waals surface area contributed by atoms with Crippen LogP contribution < -0.4 is 14.8 Å². The number of hydrogen-bond acceptors (Lipinski definition) is 5. The van der Waals surface area contributed by atoms with E-state index in [1.165, 1.54) is 6.07 Å². The second kappa shape index (κ2) is 9.78. The average Bonchev–Trinajstić information content (AvgIpc) is 2.67. The van der Waals surface area contributed by atoms with Crippen molar-refractivity contribution in [1.82, 2.24) is 5.32 Å². The van der Waals surface area contributed by atoms with Crippen LogP contribution in [0.15, 0.2) is 36.4 Å². The molecule has 0 aliphatic heterocycles. The lowest BCUT2D eigenvalue weighted by Gasteiger charge is -2.10. The van der Waals surface area contributed by atoms with Crippen molar-refractivity contribution in [3.8, 4) is 11.5 Å². The molecule has 0 heterocycles. The zero-order valence-corrected chi connectivity index (χ0v) is 15.6. The fraction of sp³-hybridized carbons (Fsp3) is 0.263. The monoisotopic (exact) mass is 395 g/mol. The van der Waals surface area contributed by atoms with Gasteiger partial charge in [0.05, 0.1) is 19.8 Å². The van der Waals surface area contributed by atoms with Crippen LogP contribution in [0.2, 0.25) is 5.02 Å². The van der Waals surface area contributed by atoms with Gasteiger partial charge in [-0.15, -0.1) is 0 Å². The summed E-state index contributed by atoms with van der Waals surface area (Å²) in [6, 6.07) is 8.96. The number of carbonyl (C=O) groups excluding carboxylic acids is 2. The Morgan fingerprint density at radius 3 is 2.52 bits per heavy atom. The Balaban J connectivity index is 1.79. The maximum absolute atomic E-state index is 13.6. The first-order valence-corrected chi connectivity index (χ1v) is 8.42. The van der Waals surface area contributed by atoms with E-state index in [1.807, 2.05) is 12.1 Å². The first kappa shape index (κ1) is 20.5. The summed E-state index contributed by atoms with van der Waals surface area (Å²) < 4.78 is 28.8. The third kappa shape index (κ3) is 5.86. The Hall–Kier alpha value is -2.80. The summed E-state index contributed by atoms with van der Waals surface area (Å²) in [5.41, 5.74) is 0.617. The van der Waals surface area contributed by atoms with Gasteiger partial charge in [0.25, 0.3) is 5.91 Å². The van der Waals surface area contributed by atoms with Crippen molar-refractivity contribution in [2.45, 2.75) is 6.42 Å². The van der Waals surface area contributed by atoms with Crippen LogP contribution in [0.3, 0.4) is 0 Å². The van der Waals surface area contributed by atoms with Crippen LogP contribution in [0.1, 0.15) is 15.9 Å². The molecule has 0 radical (unpaired) electrons. The first-order valence-electron chi connectivity index (χ1n) is 8.04. The Morgan fingerprint density at radius 1 is 1.07 bits per heavy atom. The predicted molar refractivity (Wildman–Crippen MR) is 98.0 cm³/mol. The fourth-order valence-electron chi connectivity index (χ4n) is 2.30. The Bertz CT molecular complexity index is 828. The molecule has 6 nitrogen and oxygen atoms in total. The topological polar surface area (TPSA) is 73.9 Å². The summed E-state index contributed by atoms with van der Waals surface area (Å²) >= 11 is 5.72. The minimum Gasteiger partial charge on any atom is -0.493 e. The molecule has 0 saturated heterocycles. The zero-order chi connectivity index (χ0) is 19.8. The van der Waals surface area contributed by atoms with E-state index in [9.17, 15) is 14.0 Å². The van der Waals surface area contributed by atoms with E-state index in [1.54, 1.807) is 20.3 Å². The van der Waals surface area contributed by atoms with Crippen molar-refractivity contribution < 1.29 is 28.2 Å². The smallest absolute Gasteiger partial charge is 0.341 e. The highest BCUT2D eigenvalue weighted by molar-refractivity contribution is 6.30. The van der Waals surface area contributed by atoms with Gasteiger partial charge >= 0.3 is 5.97 Å². The standard InChI is InChI=1S/C19H19ClFNO5/c1-25-16-6-3-12(9-17(16)26-2)7-8-22-18(23)11-27-19(24)14-10-13(20)4-5-15(14)21/h3-6,9-10H,7-8,11H2,1-2H3,(H,22,23). The van der Waals surface area contributed by atoms with E-state index < -0.39 is 24.3 Å². The summed E-state index contributed by atoms with van der Waals surface area (Å²) in [5.74, 6) is -1.00. The van der Waals surface area contributed by atoms with Gasteiger partial charge in [0.2, 0.25) is 0 Å². The Kier molecular flexibility index (Phi) is 7.43. The number of halogens is 2. The van der Waals surface area contributed by atoms with E-state index in [0.29, 0.717) is 24.5 Å². The van der Waals surface area contributed by atoms with E-state index in [2.05, 4.69) is 5.32 Å². The lowest BCUT2D eigenvalue weighted by atomic mass is 10.1. The van der Waals surface area contributed by atoms with Gasteiger partial charge < -0.3 is 19.5 Å². The van der Waals surface area contributed by atoms with Gasteiger partial charge in [-0.05, 0) is 42.3 Å². The third-order valence-corrected chi connectivity index (χ3v) is 3.90. The molecule has 2 aromatic carbocycles. The Labute approximate surface area is 161 Å². The van der Waals surface area contributed by atoms with Crippen LogP contribution >= 0.6 is 11.6 Å². The number of ether oxygens (including phenoxy) is 3. The summed E-state index contributed by atoms with van der Waals surface area (Å²) in [4.78, 5) is 23.6. The largest absolute Gasteiger partial charge is 0.493 e. The second-order valence-electron chi connectivity index (χ2n) is 5.49. The minimum atomic E-state index is -0.954. The molecule has 1 amide bonds. The molecule has 0 spiro atoms. The molecule has 27 heavy (non-hydrogen) atoms. The lowest BCUT2D eigenvalue weighted by Crippen LogP contribution is -2.30.